The minimum absolute atomic E-state index is 0.0739. The zero-order chi connectivity index (χ0) is 18.0. The van der Waals surface area contributed by atoms with Gasteiger partial charge in [0, 0.05) is 38.1 Å². The highest BCUT2D eigenvalue weighted by atomic mass is 79.9. The summed E-state index contributed by atoms with van der Waals surface area (Å²) in [5.41, 5.74) is -0.703. The number of halogens is 5. The Hall–Kier alpha value is -1.74. The van der Waals surface area contributed by atoms with Gasteiger partial charge >= 0.3 is 6.18 Å². The average molecular weight is 419 g/mol. The molecular formula is C16H15BrF4N4. The van der Waals surface area contributed by atoms with Gasteiger partial charge in [-0.2, -0.15) is 13.2 Å². The number of anilines is 1. The van der Waals surface area contributed by atoms with Crippen LogP contribution in [0.5, 0.6) is 0 Å². The molecule has 0 amide bonds. The Morgan fingerprint density at radius 3 is 2.60 bits per heavy atom. The number of hydrogen-bond donors (Lipinski definition) is 1. The number of hydrogen-bond acceptors (Lipinski definition) is 4. The maximum Gasteiger partial charge on any atom is 0.416 e. The molecule has 9 heteroatoms. The van der Waals surface area contributed by atoms with Crippen LogP contribution in [0.4, 0.5) is 23.5 Å². The van der Waals surface area contributed by atoms with Crippen LogP contribution in [0.1, 0.15) is 17.5 Å². The summed E-state index contributed by atoms with van der Waals surface area (Å²) < 4.78 is 52.4. The number of nitrogens with zero attached hydrogens (tertiary/aromatic N) is 3. The molecule has 1 aliphatic heterocycles. The topological polar surface area (TPSA) is 41.0 Å². The summed E-state index contributed by atoms with van der Waals surface area (Å²) in [5.74, 6) is -0.277. The first kappa shape index (κ1) is 18.1. The molecule has 1 aromatic heterocycles. The van der Waals surface area contributed by atoms with Crippen molar-refractivity contribution in [1.82, 2.24) is 15.3 Å². The number of nitrogens with one attached hydrogen (secondary N) is 1. The molecule has 25 heavy (non-hydrogen) atoms. The summed E-state index contributed by atoms with van der Waals surface area (Å²) in [7, 11) is 0. The van der Waals surface area contributed by atoms with Crippen molar-refractivity contribution in [2.45, 2.75) is 25.2 Å². The summed E-state index contributed by atoms with van der Waals surface area (Å²) in [6.45, 7) is 1.56. The van der Waals surface area contributed by atoms with E-state index in [9.17, 15) is 17.6 Å². The second kappa shape index (κ2) is 7.25. The largest absolute Gasteiger partial charge is 0.416 e. The molecule has 1 atom stereocenters. The number of aromatic nitrogens is 2. The van der Waals surface area contributed by atoms with E-state index in [1.165, 1.54) is 0 Å². The van der Waals surface area contributed by atoms with E-state index in [0.717, 1.165) is 29.6 Å². The predicted molar refractivity (Wildman–Crippen MR) is 88.6 cm³/mol. The lowest BCUT2D eigenvalue weighted by molar-refractivity contribution is -0.137. The van der Waals surface area contributed by atoms with Gasteiger partial charge in [-0.3, -0.25) is 0 Å². The van der Waals surface area contributed by atoms with Crippen molar-refractivity contribution in [3.05, 3.63) is 52.0 Å². The van der Waals surface area contributed by atoms with Gasteiger partial charge in [-0.15, -0.1) is 0 Å². The molecule has 0 bridgehead atoms. The van der Waals surface area contributed by atoms with Crippen molar-refractivity contribution in [3.63, 3.8) is 0 Å². The van der Waals surface area contributed by atoms with Crippen LogP contribution in [0, 0.1) is 5.82 Å². The third kappa shape index (κ3) is 4.66. The van der Waals surface area contributed by atoms with E-state index in [2.05, 4.69) is 31.2 Å². The monoisotopic (exact) mass is 418 g/mol. The van der Waals surface area contributed by atoms with E-state index in [0.29, 0.717) is 18.6 Å². The summed E-state index contributed by atoms with van der Waals surface area (Å²) >= 11 is 3.28. The van der Waals surface area contributed by atoms with Crippen LogP contribution in [0.15, 0.2) is 35.1 Å². The van der Waals surface area contributed by atoms with E-state index >= 15 is 0 Å². The molecule has 4 nitrogen and oxygen atoms in total. The van der Waals surface area contributed by atoms with Gasteiger partial charge in [0.15, 0.2) is 0 Å². The average Bonchev–Trinajstić information content (AvgIpc) is 3.01. The molecule has 3 rings (SSSR count). The van der Waals surface area contributed by atoms with Crippen LogP contribution in [0.25, 0.3) is 0 Å². The number of alkyl halides is 3. The molecule has 1 N–H and O–H groups in total. The number of benzene rings is 1. The summed E-state index contributed by atoms with van der Waals surface area (Å²) in [4.78, 5) is 10.5. The van der Waals surface area contributed by atoms with Crippen molar-refractivity contribution in [3.8, 4) is 0 Å². The van der Waals surface area contributed by atoms with Crippen molar-refractivity contribution < 1.29 is 17.6 Å². The Kier molecular flexibility index (Phi) is 5.24. The first-order valence-corrected chi connectivity index (χ1v) is 8.43. The zero-order valence-electron chi connectivity index (χ0n) is 13.0. The molecular weight excluding hydrogens is 404 g/mol. The SMILES string of the molecule is Fc1cc(CNC2CCN(c3ncc(Br)cn3)C2)cc(C(F)(F)F)c1. The fraction of sp³-hybridized carbons (Fsp3) is 0.375. The fourth-order valence-electron chi connectivity index (χ4n) is 2.76. The molecule has 0 radical (unpaired) electrons. The van der Waals surface area contributed by atoms with Gasteiger partial charge in [0.25, 0.3) is 0 Å². The van der Waals surface area contributed by atoms with Gasteiger partial charge < -0.3 is 10.2 Å². The van der Waals surface area contributed by atoms with Crippen molar-refractivity contribution >= 4 is 21.9 Å². The predicted octanol–water partition coefficient (Wildman–Crippen LogP) is 3.77. The van der Waals surface area contributed by atoms with Crippen LogP contribution in [0.2, 0.25) is 0 Å². The van der Waals surface area contributed by atoms with E-state index < -0.39 is 17.6 Å². The van der Waals surface area contributed by atoms with Crippen molar-refractivity contribution in [2.24, 2.45) is 0 Å². The Balaban J connectivity index is 1.59. The van der Waals surface area contributed by atoms with Crippen LogP contribution in [-0.2, 0) is 12.7 Å². The van der Waals surface area contributed by atoms with Gasteiger partial charge in [-0.25, -0.2) is 14.4 Å². The van der Waals surface area contributed by atoms with Crippen LogP contribution in [-0.4, -0.2) is 29.1 Å². The van der Waals surface area contributed by atoms with Gasteiger partial charge in [-0.1, -0.05) is 0 Å². The fourth-order valence-corrected chi connectivity index (χ4v) is 2.96. The Bertz CT molecular complexity index is 736. The standard InChI is InChI=1S/C16H15BrF4N4/c17-12-7-23-15(24-8-12)25-2-1-14(9-25)22-6-10-3-11(16(19,20)21)5-13(18)4-10/h3-5,7-8,14,22H,1-2,6,9H2. The molecule has 1 saturated heterocycles. The normalized spacial score (nSPS) is 18.0. The maximum atomic E-state index is 13.4. The first-order valence-electron chi connectivity index (χ1n) is 7.64. The van der Waals surface area contributed by atoms with Crippen LogP contribution in [0.3, 0.4) is 0 Å². The molecule has 1 aliphatic rings. The first-order chi connectivity index (χ1) is 11.8. The minimum Gasteiger partial charge on any atom is -0.339 e. The second-order valence-electron chi connectivity index (χ2n) is 5.86. The molecule has 134 valence electrons. The van der Waals surface area contributed by atoms with Crippen LogP contribution >= 0.6 is 15.9 Å². The smallest absolute Gasteiger partial charge is 0.339 e. The highest BCUT2D eigenvalue weighted by Gasteiger charge is 2.31. The molecule has 0 saturated carbocycles. The lowest BCUT2D eigenvalue weighted by atomic mass is 10.1. The number of rotatable bonds is 4. The molecule has 1 unspecified atom stereocenters. The molecule has 1 aromatic carbocycles. The highest BCUT2D eigenvalue weighted by Crippen LogP contribution is 2.30. The lowest BCUT2D eigenvalue weighted by Crippen LogP contribution is -2.32. The van der Waals surface area contributed by atoms with Crippen molar-refractivity contribution in [1.29, 1.82) is 0 Å². The Labute approximate surface area is 150 Å². The van der Waals surface area contributed by atoms with E-state index in [1.807, 2.05) is 4.90 Å². The summed E-state index contributed by atoms with van der Waals surface area (Å²) in [5, 5.41) is 3.17. The van der Waals surface area contributed by atoms with Crippen LogP contribution < -0.4 is 10.2 Å². The molecule has 1 fully saturated rings. The van der Waals surface area contributed by atoms with Gasteiger partial charge in [-0.05, 0) is 46.1 Å². The summed E-state index contributed by atoms with van der Waals surface area (Å²) in [6.07, 6.45) is -0.427. The maximum absolute atomic E-state index is 13.4. The van der Waals surface area contributed by atoms with Gasteiger partial charge in [0.2, 0.25) is 5.95 Å². The highest BCUT2D eigenvalue weighted by molar-refractivity contribution is 9.10. The summed E-state index contributed by atoms with van der Waals surface area (Å²) in [6, 6.07) is 2.67. The third-order valence-corrected chi connectivity index (χ3v) is 4.37. The van der Waals surface area contributed by atoms with E-state index in [1.54, 1.807) is 12.4 Å². The Morgan fingerprint density at radius 1 is 1.20 bits per heavy atom. The van der Waals surface area contributed by atoms with Gasteiger partial charge in [0.05, 0.1) is 10.0 Å². The zero-order valence-corrected chi connectivity index (χ0v) is 14.6. The minimum atomic E-state index is -4.56. The third-order valence-electron chi connectivity index (χ3n) is 3.96. The molecule has 0 aliphatic carbocycles. The van der Waals surface area contributed by atoms with E-state index in [4.69, 9.17) is 0 Å². The van der Waals surface area contributed by atoms with Gasteiger partial charge in [0.1, 0.15) is 5.82 Å². The van der Waals surface area contributed by atoms with Crippen molar-refractivity contribution in [2.75, 3.05) is 18.0 Å². The quantitative estimate of drug-likeness (QED) is 0.767. The second-order valence-corrected chi connectivity index (χ2v) is 6.78. The Morgan fingerprint density at radius 2 is 1.92 bits per heavy atom. The molecule has 0 spiro atoms. The van der Waals surface area contributed by atoms with E-state index in [-0.39, 0.29) is 18.2 Å². The lowest BCUT2D eigenvalue weighted by Gasteiger charge is -2.17. The molecule has 2 aromatic rings. The molecule has 2 heterocycles.